The molecule has 36 heavy (non-hydrogen) atoms. The molecule has 1 saturated heterocycles. The third-order valence-electron chi connectivity index (χ3n) is 5.91. The van der Waals surface area contributed by atoms with E-state index >= 15 is 0 Å². The number of ether oxygens (including phenoxy) is 3. The smallest absolute Gasteiger partial charge is 0.303 e. The molecule has 1 fully saturated rings. The third-order valence-corrected chi connectivity index (χ3v) is 7.16. The average molecular weight is 535 g/mol. The number of piperazine rings is 1. The number of nitrogens with zero attached hydrogens (tertiary/aromatic N) is 2. The summed E-state index contributed by atoms with van der Waals surface area (Å²) >= 11 is 6.49. The van der Waals surface area contributed by atoms with E-state index in [4.69, 9.17) is 14.2 Å². The van der Waals surface area contributed by atoms with Gasteiger partial charge in [-0.05, 0) is 54.0 Å². The molecule has 0 bridgehead atoms. The number of thioether (sulfide) groups is 1. The molecule has 1 atom stereocenters. The van der Waals surface area contributed by atoms with Gasteiger partial charge in [0, 0.05) is 46.6 Å². The van der Waals surface area contributed by atoms with Gasteiger partial charge in [-0.15, -0.1) is 11.8 Å². The molecule has 2 aliphatic rings. The number of esters is 1. The Labute approximate surface area is 223 Å². The number of rotatable bonds is 8. The molecule has 0 aliphatic carbocycles. The van der Waals surface area contributed by atoms with E-state index in [1.54, 1.807) is 7.11 Å². The van der Waals surface area contributed by atoms with Crippen molar-refractivity contribution in [2.75, 3.05) is 57.1 Å². The Kier molecular flexibility index (Phi) is 11.2. The van der Waals surface area contributed by atoms with Crippen molar-refractivity contribution in [2.45, 2.75) is 37.7 Å². The number of anilines is 1. The van der Waals surface area contributed by atoms with E-state index < -0.39 is 0 Å². The second-order valence-electron chi connectivity index (χ2n) is 8.67. The maximum absolute atomic E-state index is 11.7. The van der Waals surface area contributed by atoms with E-state index in [0.717, 1.165) is 55.5 Å². The number of hydrogen-bond acceptors (Lipinski definition) is 8. The number of fused-ring (bicyclic) bond motifs is 1. The van der Waals surface area contributed by atoms with E-state index in [2.05, 4.69) is 39.6 Å². The highest BCUT2D eigenvalue weighted by molar-refractivity contribution is 7.99. The first-order valence-corrected chi connectivity index (χ1v) is 13.5. The summed E-state index contributed by atoms with van der Waals surface area (Å²) in [6, 6.07) is 14.4. The topological polar surface area (TPSA) is 68.3 Å². The lowest BCUT2D eigenvalue weighted by Crippen LogP contribution is -2.50. The van der Waals surface area contributed by atoms with Gasteiger partial charge in [0.2, 0.25) is 5.24 Å². The van der Waals surface area contributed by atoms with Gasteiger partial charge in [-0.1, -0.05) is 24.3 Å². The molecule has 2 aromatic rings. The standard InChI is InChI=1S/C25H32N2O4S.C2H3ClO/c1-19(28)31-21(18-30-24-11-5-7-20-8-6-16-32-25(20)24)17-26-12-14-27(15-13-26)22-9-3-4-10-23(22)29-2;1-2(3)4/h3-5,7,9-11,21H,6,8,12-18H2,1-2H3;1H3. The summed E-state index contributed by atoms with van der Waals surface area (Å²) in [6.45, 7) is 7.38. The van der Waals surface area contributed by atoms with Crippen LogP contribution in [0.25, 0.3) is 0 Å². The van der Waals surface area contributed by atoms with Crippen LogP contribution in [0, 0.1) is 0 Å². The van der Waals surface area contributed by atoms with Gasteiger partial charge in [0.1, 0.15) is 24.2 Å². The molecule has 2 aromatic carbocycles. The second-order valence-corrected chi connectivity index (χ2v) is 10.3. The molecular weight excluding hydrogens is 500 g/mol. The Hall–Kier alpha value is -2.42. The lowest BCUT2D eigenvalue weighted by Gasteiger charge is -2.37. The Morgan fingerprint density at radius 1 is 1.03 bits per heavy atom. The zero-order valence-corrected chi connectivity index (χ0v) is 22.8. The van der Waals surface area contributed by atoms with Gasteiger partial charge in [0.05, 0.1) is 17.7 Å². The molecule has 4 rings (SSSR count). The Balaban J connectivity index is 0.000000840. The van der Waals surface area contributed by atoms with Crippen molar-refractivity contribution in [3.8, 4) is 11.5 Å². The quantitative estimate of drug-likeness (QED) is 0.358. The number of methoxy groups -OCH3 is 1. The summed E-state index contributed by atoms with van der Waals surface area (Å²) < 4.78 is 17.3. The molecule has 1 unspecified atom stereocenters. The lowest BCUT2D eigenvalue weighted by molar-refractivity contribution is -0.149. The molecule has 0 N–H and O–H groups in total. The molecule has 196 valence electrons. The van der Waals surface area contributed by atoms with Gasteiger partial charge < -0.3 is 19.1 Å². The largest absolute Gasteiger partial charge is 0.495 e. The van der Waals surface area contributed by atoms with Crippen LogP contribution in [0.2, 0.25) is 0 Å². The van der Waals surface area contributed by atoms with Crippen LogP contribution in [-0.4, -0.2) is 74.4 Å². The molecule has 2 heterocycles. The first kappa shape index (κ1) is 28.2. The van der Waals surface area contributed by atoms with Crippen LogP contribution >= 0.6 is 23.4 Å². The van der Waals surface area contributed by atoms with Crippen molar-refractivity contribution in [3.63, 3.8) is 0 Å². The van der Waals surface area contributed by atoms with Gasteiger partial charge in [-0.25, -0.2) is 0 Å². The maximum atomic E-state index is 11.7. The van der Waals surface area contributed by atoms with E-state index in [1.807, 2.05) is 36.0 Å². The van der Waals surface area contributed by atoms with E-state index in [-0.39, 0.29) is 17.3 Å². The SMILES string of the molecule is CC(=O)Cl.COc1ccccc1N1CCN(CC(COc2cccc3c2SCCC3)OC(C)=O)CC1. The molecular formula is C27H35ClN2O5S. The zero-order valence-electron chi connectivity index (χ0n) is 21.2. The van der Waals surface area contributed by atoms with Gasteiger partial charge >= 0.3 is 5.97 Å². The highest BCUT2D eigenvalue weighted by atomic mass is 35.5. The first-order chi connectivity index (χ1) is 17.4. The summed E-state index contributed by atoms with van der Waals surface area (Å²) in [5, 5.41) is -0.361. The number of para-hydroxylation sites is 2. The van der Waals surface area contributed by atoms with Crippen LogP contribution in [0.1, 0.15) is 25.8 Å². The molecule has 0 radical (unpaired) electrons. The number of carbonyl (C=O) groups is 2. The summed E-state index contributed by atoms with van der Waals surface area (Å²) in [5.41, 5.74) is 2.48. The summed E-state index contributed by atoms with van der Waals surface area (Å²) in [6.07, 6.45) is 2.01. The number of benzene rings is 2. The van der Waals surface area contributed by atoms with Crippen molar-refractivity contribution in [1.82, 2.24) is 4.90 Å². The highest BCUT2D eigenvalue weighted by Crippen LogP contribution is 2.37. The van der Waals surface area contributed by atoms with Gasteiger partial charge in [-0.3, -0.25) is 14.5 Å². The van der Waals surface area contributed by atoms with E-state index in [1.165, 1.54) is 30.7 Å². The fourth-order valence-corrected chi connectivity index (χ4v) is 5.48. The predicted molar refractivity (Wildman–Crippen MR) is 145 cm³/mol. The molecule has 0 spiro atoms. The molecule has 9 heteroatoms. The Bertz CT molecular complexity index is 1010. The van der Waals surface area contributed by atoms with Gasteiger partial charge in [-0.2, -0.15) is 0 Å². The maximum Gasteiger partial charge on any atom is 0.303 e. The van der Waals surface area contributed by atoms with Crippen molar-refractivity contribution in [1.29, 1.82) is 0 Å². The van der Waals surface area contributed by atoms with Gasteiger partial charge in [0.25, 0.3) is 0 Å². The van der Waals surface area contributed by atoms with Crippen LogP contribution in [0.5, 0.6) is 11.5 Å². The molecule has 0 saturated carbocycles. The van der Waals surface area contributed by atoms with Crippen LogP contribution in [0.4, 0.5) is 5.69 Å². The predicted octanol–water partition coefficient (Wildman–Crippen LogP) is 4.64. The molecule has 0 aromatic heterocycles. The average Bonchev–Trinajstić information content (AvgIpc) is 2.87. The monoisotopic (exact) mass is 534 g/mol. The summed E-state index contributed by atoms with van der Waals surface area (Å²) in [5.74, 6) is 2.66. The Morgan fingerprint density at radius 2 is 1.72 bits per heavy atom. The van der Waals surface area contributed by atoms with E-state index in [9.17, 15) is 9.59 Å². The first-order valence-electron chi connectivity index (χ1n) is 12.2. The van der Waals surface area contributed by atoms with Crippen LogP contribution in [0.15, 0.2) is 47.4 Å². The van der Waals surface area contributed by atoms with Crippen LogP contribution < -0.4 is 14.4 Å². The van der Waals surface area contributed by atoms with E-state index in [0.29, 0.717) is 13.2 Å². The molecule has 2 aliphatic heterocycles. The normalized spacial score (nSPS) is 16.2. The Morgan fingerprint density at radius 3 is 2.42 bits per heavy atom. The minimum atomic E-state index is -0.361. The number of carbonyl (C=O) groups excluding carboxylic acids is 2. The highest BCUT2D eigenvalue weighted by Gasteiger charge is 2.24. The fraction of sp³-hybridized carbons (Fsp3) is 0.481. The number of halogens is 1. The molecule has 0 amide bonds. The zero-order chi connectivity index (χ0) is 25.9. The lowest BCUT2D eigenvalue weighted by atomic mass is 10.1. The van der Waals surface area contributed by atoms with Crippen molar-refractivity contribution in [2.24, 2.45) is 0 Å². The van der Waals surface area contributed by atoms with Crippen LogP contribution in [-0.2, 0) is 20.7 Å². The third kappa shape index (κ3) is 8.61. The minimum absolute atomic E-state index is 0.268. The number of aryl methyl sites for hydroxylation is 1. The van der Waals surface area contributed by atoms with Crippen molar-refractivity contribution in [3.05, 3.63) is 48.0 Å². The summed E-state index contributed by atoms with van der Waals surface area (Å²) in [7, 11) is 1.71. The van der Waals surface area contributed by atoms with Crippen molar-refractivity contribution < 1.29 is 23.8 Å². The molecule has 7 nitrogen and oxygen atoms in total. The minimum Gasteiger partial charge on any atom is -0.495 e. The second kappa shape index (κ2) is 14.4. The number of hydrogen-bond donors (Lipinski definition) is 0. The fourth-order valence-electron chi connectivity index (χ4n) is 4.36. The summed E-state index contributed by atoms with van der Waals surface area (Å²) in [4.78, 5) is 26.9. The van der Waals surface area contributed by atoms with Crippen LogP contribution in [0.3, 0.4) is 0 Å². The van der Waals surface area contributed by atoms with Gasteiger partial charge in [0.15, 0.2) is 0 Å². The van der Waals surface area contributed by atoms with Crippen molar-refractivity contribution >= 4 is 40.3 Å².